The van der Waals surface area contributed by atoms with Crippen LogP contribution in [0.25, 0.3) is 0 Å². The summed E-state index contributed by atoms with van der Waals surface area (Å²) in [5, 5.41) is 3.60. The molecule has 2 aromatic rings. The lowest BCUT2D eigenvalue weighted by Crippen LogP contribution is -2.48. The Balaban J connectivity index is 1.58. The van der Waals surface area contributed by atoms with Crippen LogP contribution in [-0.2, 0) is 11.3 Å². The van der Waals surface area contributed by atoms with E-state index in [1.165, 1.54) is 24.5 Å². The molecule has 2 heterocycles. The van der Waals surface area contributed by atoms with Crippen LogP contribution in [0.2, 0.25) is 0 Å². The van der Waals surface area contributed by atoms with E-state index in [1.807, 2.05) is 44.7 Å². The molecule has 1 aliphatic heterocycles. The molecule has 1 N–H and O–H groups in total. The predicted molar refractivity (Wildman–Crippen MR) is 121 cm³/mol. The number of ether oxygens (including phenoxy) is 1. The lowest BCUT2D eigenvalue weighted by Gasteiger charge is -2.34. The fourth-order valence-corrected chi connectivity index (χ4v) is 4.41. The summed E-state index contributed by atoms with van der Waals surface area (Å²) < 4.78 is 18.9. The molecule has 0 saturated carbocycles. The highest BCUT2D eigenvalue weighted by Crippen LogP contribution is 2.30. The molecule has 1 aromatic carbocycles. The van der Waals surface area contributed by atoms with E-state index in [-0.39, 0.29) is 23.4 Å². The number of anilines is 1. The average molecular weight is 448 g/mol. The first-order chi connectivity index (χ1) is 14.6. The van der Waals surface area contributed by atoms with Crippen molar-refractivity contribution in [2.75, 3.05) is 38.6 Å². The summed E-state index contributed by atoms with van der Waals surface area (Å²) in [5.74, 6) is -0.204. The summed E-state index contributed by atoms with van der Waals surface area (Å²) in [6.45, 7) is 10.7. The topological polar surface area (TPSA) is 61.9 Å². The zero-order valence-corrected chi connectivity index (χ0v) is 19.6. The van der Waals surface area contributed by atoms with Gasteiger partial charge in [0.15, 0.2) is 11.6 Å². The largest absolute Gasteiger partial charge is 0.494 e. The van der Waals surface area contributed by atoms with Crippen molar-refractivity contribution in [2.45, 2.75) is 34.2 Å². The summed E-state index contributed by atoms with van der Waals surface area (Å²) >= 11 is 1.32. The first-order valence-electron chi connectivity index (χ1n) is 10.3. The van der Waals surface area contributed by atoms with E-state index in [1.54, 1.807) is 6.07 Å². The van der Waals surface area contributed by atoms with Gasteiger partial charge in [-0.1, -0.05) is 26.8 Å². The van der Waals surface area contributed by atoms with Crippen LogP contribution in [0.5, 0.6) is 5.75 Å². The first kappa shape index (κ1) is 23.2. The average Bonchev–Trinajstić information content (AvgIpc) is 3.07. The molecule has 168 valence electrons. The fraction of sp³-hybridized carbons (Fsp3) is 0.478. The van der Waals surface area contributed by atoms with Crippen LogP contribution in [0, 0.1) is 18.2 Å². The highest BCUT2D eigenvalue weighted by atomic mass is 32.1. The molecule has 1 fully saturated rings. The first-order valence-corrected chi connectivity index (χ1v) is 11.2. The fourth-order valence-electron chi connectivity index (χ4n) is 3.37. The second-order valence-corrected chi connectivity index (χ2v) is 9.92. The minimum Gasteiger partial charge on any atom is -0.494 e. The Hall–Kier alpha value is -2.45. The van der Waals surface area contributed by atoms with E-state index >= 15 is 0 Å². The van der Waals surface area contributed by atoms with E-state index in [2.05, 4.69) is 10.2 Å². The number of halogens is 1. The van der Waals surface area contributed by atoms with Crippen molar-refractivity contribution < 1.29 is 18.7 Å². The maximum absolute atomic E-state index is 13.9. The maximum atomic E-state index is 13.9. The number of methoxy groups -OCH3 is 1. The van der Waals surface area contributed by atoms with E-state index in [0.717, 1.165) is 24.2 Å². The highest BCUT2D eigenvalue weighted by Gasteiger charge is 2.26. The maximum Gasteiger partial charge on any atom is 0.264 e. The van der Waals surface area contributed by atoms with Crippen molar-refractivity contribution in [3.05, 3.63) is 46.1 Å². The van der Waals surface area contributed by atoms with Crippen molar-refractivity contribution >= 4 is 28.2 Å². The van der Waals surface area contributed by atoms with Gasteiger partial charge in [0, 0.05) is 38.1 Å². The third kappa shape index (κ3) is 5.62. The van der Waals surface area contributed by atoms with Crippen LogP contribution in [0.4, 0.5) is 9.39 Å². The third-order valence-corrected chi connectivity index (χ3v) is 6.45. The molecular formula is C23H30FN3O3S. The van der Waals surface area contributed by atoms with Crippen LogP contribution < -0.4 is 10.1 Å². The second kappa shape index (κ2) is 9.36. The molecular weight excluding hydrogens is 417 g/mol. The summed E-state index contributed by atoms with van der Waals surface area (Å²) in [5.41, 5.74) is 1.26. The van der Waals surface area contributed by atoms with Crippen LogP contribution in [0.1, 0.15) is 41.6 Å². The van der Waals surface area contributed by atoms with Gasteiger partial charge in [-0.05, 0) is 36.2 Å². The monoisotopic (exact) mass is 447 g/mol. The molecule has 6 nitrogen and oxygen atoms in total. The van der Waals surface area contributed by atoms with Crippen LogP contribution in [0.15, 0.2) is 24.3 Å². The molecule has 0 atom stereocenters. The van der Waals surface area contributed by atoms with Gasteiger partial charge in [-0.3, -0.25) is 14.5 Å². The van der Waals surface area contributed by atoms with Crippen LogP contribution in [-0.4, -0.2) is 54.9 Å². The van der Waals surface area contributed by atoms with E-state index in [4.69, 9.17) is 4.74 Å². The number of nitrogens with one attached hydrogen (secondary N) is 1. The number of benzene rings is 1. The molecule has 1 aromatic heterocycles. The molecule has 1 aliphatic rings. The Kier molecular flexibility index (Phi) is 7.01. The summed E-state index contributed by atoms with van der Waals surface area (Å²) in [6.07, 6.45) is 0. The van der Waals surface area contributed by atoms with Gasteiger partial charge >= 0.3 is 0 Å². The SMILES string of the molecule is COc1ccc(CN2CCN(C(=O)c3sc(NC(=O)C(C)(C)C)cc3C)CC2)cc1F. The molecule has 0 unspecified atom stereocenters. The molecule has 3 rings (SSSR count). The van der Waals surface area contributed by atoms with Gasteiger partial charge in [-0.25, -0.2) is 4.39 Å². The molecule has 0 spiro atoms. The van der Waals surface area contributed by atoms with Crippen molar-refractivity contribution in [1.29, 1.82) is 0 Å². The normalized spacial score (nSPS) is 15.1. The van der Waals surface area contributed by atoms with Gasteiger partial charge in [0.25, 0.3) is 5.91 Å². The van der Waals surface area contributed by atoms with Gasteiger partial charge < -0.3 is 15.0 Å². The van der Waals surface area contributed by atoms with Crippen molar-refractivity contribution in [3.63, 3.8) is 0 Å². The Labute approximate surface area is 187 Å². The molecule has 31 heavy (non-hydrogen) atoms. The predicted octanol–water partition coefficient (Wildman–Crippen LogP) is 4.15. The smallest absolute Gasteiger partial charge is 0.264 e. The lowest BCUT2D eigenvalue weighted by atomic mass is 9.96. The van der Waals surface area contributed by atoms with Gasteiger partial charge in [-0.2, -0.15) is 0 Å². The molecule has 0 radical (unpaired) electrons. The molecule has 0 bridgehead atoms. The number of aryl methyl sites for hydroxylation is 1. The molecule has 2 amide bonds. The van der Waals surface area contributed by atoms with Gasteiger partial charge in [-0.15, -0.1) is 11.3 Å². The van der Waals surface area contributed by atoms with E-state index < -0.39 is 5.41 Å². The summed E-state index contributed by atoms with van der Waals surface area (Å²) in [7, 11) is 1.45. The zero-order chi connectivity index (χ0) is 22.8. The van der Waals surface area contributed by atoms with Crippen LogP contribution >= 0.6 is 11.3 Å². The number of rotatable bonds is 5. The number of carbonyl (C=O) groups excluding carboxylic acids is 2. The number of nitrogens with zero attached hydrogens (tertiary/aromatic N) is 2. The second-order valence-electron chi connectivity index (χ2n) is 8.86. The zero-order valence-electron chi connectivity index (χ0n) is 18.8. The quantitative estimate of drug-likeness (QED) is 0.748. The number of hydrogen-bond donors (Lipinski definition) is 1. The Bertz CT molecular complexity index is 959. The highest BCUT2D eigenvalue weighted by molar-refractivity contribution is 7.18. The molecule has 8 heteroatoms. The lowest BCUT2D eigenvalue weighted by molar-refractivity contribution is -0.123. The summed E-state index contributed by atoms with van der Waals surface area (Å²) in [6, 6.07) is 6.86. The van der Waals surface area contributed by atoms with Gasteiger partial charge in [0.2, 0.25) is 5.91 Å². The summed E-state index contributed by atoms with van der Waals surface area (Å²) in [4.78, 5) is 30.0. The van der Waals surface area contributed by atoms with E-state index in [9.17, 15) is 14.0 Å². The number of hydrogen-bond acceptors (Lipinski definition) is 5. The van der Waals surface area contributed by atoms with Gasteiger partial charge in [0.1, 0.15) is 0 Å². The minimum atomic E-state index is -0.495. The number of piperazine rings is 1. The number of thiophene rings is 1. The van der Waals surface area contributed by atoms with Crippen molar-refractivity contribution in [3.8, 4) is 5.75 Å². The Morgan fingerprint density at radius 3 is 2.42 bits per heavy atom. The molecule has 0 aliphatic carbocycles. The van der Waals surface area contributed by atoms with E-state index in [0.29, 0.717) is 29.5 Å². The third-order valence-electron chi connectivity index (χ3n) is 5.31. The van der Waals surface area contributed by atoms with Gasteiger partial charge in [0.05, 0.1) is 17.0 Å². The van der Waals surface area contributed by atoms with Crippen molar-refractivity contribution in [1.82, 2.24) is 9.80 Å². The Morgan fingerprint density at radius 2 is 1.84 bits per heavy atom. The number of amides is 2. The standard InChI is InChI=1S/C23H30FN3O3S/c1-15-12-19(25-22(29)23(2,3)4)31-20(15)21(28)27-10-8-26(9-11-27)14-16-6-7-18(30-5)17(24)13-16/h6-7,12-13H,8-11,14H2,1-5H3,(H,25,29). The van der Waals surface area contributed by atoms with Crippen molar-refractivity contribution in [2.24, 2.45) is 5.41 Å². The molecule has 1 saturated heterocycles. The van der Waals surface area contributed by atoms with Crippen LogP contribution in [0.3, 0.4) is 0 Å². The minimum absolute atomic E-state index is 0.00565. The number of carbonyl (C=O) groups is 2. The Morgan fingerprint density at radius 1 is 1.16 bits per heavy atom.